The Morgan fingerprint density at radius 1 is 1.42 bits per heavy atom. The van der Waals surface area contributed by atoms with Gasteiger partial charge in [0.25, 0.3) is 0 Å². The monoisotopic (exact) mass is 260 g/mol. The first-order valence-corrected chi connectivity index (χ1v) is 6.92. The normalized spacial score (nSPS) is 30.0. The summed E-state index contributed by atoms with van der Waals surface area (Å²) in [7, 11) is 0. The van der Waals surface area contributed by atoms with E-state index in [0.29, 0.717) is 18.5 Å². The van der Waals surface area contributed by atoms with Crippen LogP contribution in [0.2, 0.25) is 0 Å². The first-order valence-electron chi connectivity index (χ1n) is 6.92. The summed E-state index contributed by atoms with van der Waals surface area (Å²) >= 11 is 0. The van der Waals surface area contributed by atoms with Gasteiger partial charge in [-0.15, -0.1) is 0 Å². The molecule has 1 saturated carbocycles. The van der Waals surface area contributed by atoms with Crippen molar-refractivity contribution >= 4 is 5.91 Å². The number of nitrogens with two attached hydrogens (primary N) is 1. The van der Waals surface area contributed by atoms with E-state index in [-0.39, 0.29) is 11.7 Å². The van der Waals surface area contributed by atoms with E-state index in [4.69, 9.17) is 5.73 Å². The summed E-state index contributed by atoms with van der Waals surface area (Å²) in [6, 6.07) is 7.19. The number of hydrogen-bond donors (Lipinski definition) is 2. The second-order valence-corrected chi connectivity index (χ2v) is 5.87. The van der Waals surface area contributed by atoms with Crippen LogP contribution < -0.4 is 5.73 Å². The molecule has 1 amide bonds. The van der Waals surface area contributed by atoms with Crippen LogP contribution in [0, 0.1) is 5.92 Å². The second kappa shape index (κ2) is 4.53. The predicted molar refractivity (Wildman–Crippen MR) is 72.6 cm³/mol. The minimum absolute atomic E-state index is 0.0746. The molecule has 0 radical (unpaired) electrons. The number of amides is 1. The molecule has 1 aromatic rings. The molecule has 1 aliphatic heterocycles. The zero-order valence-corrected chi connectivity index (χ0v) is 11.1. The Labute approximate surface area is 113 Å². The molecule has 0 bridgehead atoms. The maximum Gasteiger partial charge on any atom is 0.240 e. The summed E-state index contributed by atoms with van der Waals surface area (Å²) in [6.45, 7) is 2.11. The maximum atomic E-state index is 12.4. The van der Waals surface area contributed by atoms with Gasteiger partial charge in [-0.3, -0.25) is 4.79 Å². The number of phenolic OH excluding ortho intramolecular Hbond substituents is 1. The predicted octanol–water partition coefficient (Wildman–Crippen LogP) is 1.27. The number of fused-ring (bicyclic) bond motifs is 1. The van der Waals surface area contributed by atoms with E-state index in [1.807, 2.05) is 17.0 Å². The fourth-order valence-electron chi connectivity index (χ4n) is 3.25. The number of likely N-dealkylation sites (tertiary alicyclic amines) is 1. The fraction of sp³-hybridized carbons (Fsp3) is 0.533. The molecule has 4 heteroatoms. The quantitative estimate of drug-likeness (QED) is 0.860. The van der Waals surface area contributed by atoms with Gasteiger partial charge in [0.05, 0.1) is 6.04 Å². The van der Waals surface area contributed by atoms with Crippen LogP contribution in [0.4, 0.5) is 0 Å². The van der Waals surface area contributed by atoms with Crippen molar-refractivity contribution in [3.63, 3.8) is 0 Å². The van der Waals surface area contributed by atoms with Gasteiger partial charge in [-0.1, -0.05) is 12.1 Å². The molecule has 2 fully saturated rings. The van der Waals surface area contributed by atoms with Gasteiger partial charge in [0, 0.05) is 12.1 Å². The highest BCUT2D eigenvalue weighted by atomic mass is 16.3. The summed E-state index contributed by atoms with van der Waals surface area (Å²) in [4.78, 5) is 14.4. The second-order valence-electron chi connectivity index (χ2n) is 5.87. The van der Waals surface area contributed by atoms with E-state index in [2.05, 4.69) is 6.92 Å². The molecule has 0 spiro atoms. The van der Waals surface area contributed by atoms with Crippen molar-refractivity contribution in [3.05, 3.63) is 29.8 Å². The van der Waals surface area contributed by atoms with Crippen LogP contribution in [0.25, 0.3) is 0 Å². The highest BCUT2D eigenvalue weighted by Gasteiger charge is 2.52. The molecule has 1 heterocycles. The van der Waals surface area contributed by atoms with Gasteiger partial charge in [0.15, 0.2) is 0 Å². The number of hydrogen-bond acceptors (Lipinski definition) is 3. The summed E-state index contributed by atoms with van der Waals surface area (Å²) < 4.78 is 0. The van der Waals surface area contributed by atoms with Crippen LogP contribution in [0.15, 0.2) is 24.3 Å². The Morgan fingerprint density at radius 3 is 2.68 bits per heavy atom. The molecule has 0 aromatic heterocycles. The third-order valence-corrected chi connectivity index (χ3v) is 4.32. The number of phenols is 1. The van der Waals surface area contributed by atoms with Gasteiger partial charge in [0.2, 0.25) is 5.91 Å². The lowest BCUT2D eigenvalue weighted by Gasteiger charge is -2.27. The van der Waals surface area contributed by atoms with E-state index in [9.17, 15) is 9.90 Å². The molecule has 102 valence electrons. The van der Waals surface area contributed by atoms with Gasteiger partial charge >= 0.3 is 0 Å². The van der Waals surface area contributed by atoms with E-state index >= 15 is 0 Å². The first kappa shape index (κ1) is 12.5. The third kappa shape index (κ3) is 2.32. The largest absolute Gasteiger partial charge is 0.508 e. The Morgan fingerprint density at radius 2 is 2.11 bits per heavy atom. The van der Waals surface area contributed by atoms with Crippen LogP contribution >= 0.6 is 0 Å². The van der Waals surface area contributed by atoms with Crippen LogP contribution in [-0.2, 0) is 11.2 Å². The lowest BCUT2D eigenvalue weighted by molar-refractivity contribution is -0.134. The molecule has 3 rings (SSSR count). The Bertz CT molecular complexity index is 483. The van der Waals surface area contributed by atoms with E-state index in [1.165, 1.54) is 0 Å². The van der Waals surface area contributed by atoms with Gasteiger partial charge in [-0.25, -0.2) is 0 Å². The van der Waals surface area contributed by atoms with Crippen molar-refractivity contribution in [2.45, 2.75) is 44.3 Å². The minimum Gasteiger partial charge on any atom is -0.508 e. The summed E-state index contributed by atoms with van der Waals surface area (Å²) in [5.74, 6) is 1.03. The van der Waals surface area contributed by atoms with E-state index in [0.717, 1.165) is 24.3 Å². The molecular weight excluding hydrogens is 240 g/mol. The van der Waals surface area contributed by atoms with Gasteiger partial charge in [0.1, 0.15) is 5.75 Å². The van der Waals surface area contributed by atoms with Crippen molar-refractivity contribution in [2.75, 3.05) is 0 Å². The number of rotatable bonds is 3. The number of benzene rings is 1. The molecular formula is C15H20N2O2. The number of carbonyl (C=O) groups excluding carboxylic acids is 1. The average molecular weight is 260 g/mol. The van der Waals surface area contributed by atoms with Crippen molar-refractivity contribution < 1.29 is 9.90 Å². The highest BCUT2D eigenvalue weighted by Crippen LogP contribution is 2.47. The highest BCUT2D eigenvalue weighted by molar-refractivity contribution is 5.83. The standard InChI is InChI=1S/C15H20N2O2/c1-9-6-11-8-14(11)17(9)15(19)13(16)7-10-2-4-12(18)5-3-10/h2-5,9,11,13-14,18H,6-8,16H2,1H3/t9?,11-,13?,14+/m1/s1. The van der Waals surface area contributed by atoms with Crippen molar-refractivity contribution in [3.8, 4) is 5.75 Å². The molecule has 19 heavy (non-hydrogen) atoms. The topological polar surface area (TPSA) is 66.6 Å². The van der Waals surface area contributed by atoms with Gasteiger partial charge in [-0.2, -0.15) is 0 Å². The molecule has 1 aromatic carbocycles. The number of carbonyl (C=O) groups is 1. The zero-order chi connectivity index (χ0) is 13.6. The molecule has 2 aliphatic rings. The van der Waals surface area contributed by atoms with E-state index in [1.54, 1.807) is 12.1 Å². The third-order valence-electron chi connectivity index (χ3n) is 4.32. The average Bonchev–Trinajstić information content (AvgIpc) is 3.04. The summed E-state index contributed by atoms with van der Waals surface area (Å²) in [5, 5.41) is 9.24. The van der Waals surface area contributed by atoms with Crippen molar-refractivity contribution in [1.82, 2.24) is 4.90 Å². The van der Waals surface area contributed by atoms with Crippen molar-refractivity contribution in [2.24, 2.45) is 11.7 Å². The SMILES string of the molecule is CC1C[C@@H]2C[C@@H]2N1C(=O)C(N)Cc1ccc(O)cc1. The fourth-order valence-corrected chi connectivity index (χ4v) is 3.25. The lowest BCUT2D eigenvalue weighted by atomic mass is 10.0. The lowest BCUT2D eigenvalue weighted by Crippen LogP contribution is -2.47. The molecule has 3 N–H and O–H groups in total. The number of aromatic hydroxyl groups is 1. The first-order chi connectivity index (χ1) is 9.06. The Hall–Kier alpha value is -1.55. The Balaban J connectivity index is 1.65. The molecule has 1 aliphatic carbocycles. The molecule has 4 atom stereocenters. The van der Waals surface area contributed by atoms with Crippen LogP contribution in [-0.4, -0.2) is 34.0 Å². The summed E-state index contributed by atoms with van der Waals surface area (Å²) in [5.41, 5.74) is 7.04. The molecule has 2 unspecified atom stereocenters. The number of nitrogens with zero attached hydrogens (tertiary/aromatic N) is 1. The zero-order valence-electron chi connectivity index (χ0n) is 11.1. The summed E-state index contributed by atoms with van der Waals surface area (Å²) in [6.07, 6.45) is 2.81. The minimum atomic E-state index is -0.480. The van der Waals surface area contributed by atoms with Gasteiger partial charge < -0.3 is 15.7 Å². The molecule has 1 saturated heterocycles. The smallest absolute Gasteiger partial charge is 0.240 e. The van der Waals surface area contributed by atoms with E-state index < -0.39 is 6.04 Å². The Kier molecular flexibility index (Phi) is 2.97. The van der Waals surface area contributed by atoms with Gasteiger partial charge in [-0.05, 0) is 49.8 Å². The van der Waals surface area contributed by atoms with Crippen molar-refractivity contribution in [1.29, 1.82) is 0 Å². The maximum absolute atomic E-state index is 12.4. The number of piperidine rings is 1. The van der Waals surface area contributed by atoms with Crippen LogP contribution in [0.5, 0.6) is 5.75 Å². The van der Waals surface area contributed by atoms with Crippen LogP contribution in [0.1, 0.15) is 25.3 Å². The van der Waals surface area contributed by atoms with Crippen LogP contribution in [0.3, 0.4) is 0 Å². The molecule has 4 nitrogen and oxygen atoms in total.